The molecule has 0 atom stereocenters. The first-order valence-corrected chi connectivity index (χ1v) is 9.52. The number of rotatable bonds is 6. The largest absolute Gasteiger partial charge is 0.490 e. The van der Waals surface area contributed by atoms with Crippen molar-refractivity contribution in [3.63, 3.8) is 0 Å². The van der Waals surface area contributed by atoms with Crippen molar-refractivity contribution in [1.29, 1.82) is 0 Å². The number of hydrogen-bond donors (Lipinski definition) is 1. The maximum absolute atomic E-state index is 12.5. The second kappa shape index (κ2) is 8.57. The number of carbonyl (C=O) groups excluding carboxylic acids is 1. The number of aromatic nitrogens is 1. The number of anilines is 1. The van der Waals surface area contributed by atoms with Crippen molar-refractivity contribution in [2.75, 3.05) is 5.32 Å². The highest BCUT2D eigenvalue weighted by Crippen LogP contribution is 2.25. The molecule has 1 heterocycles. The number of nitrogens with zero attached hydrogens (tertiary/aromatic N) is 1. The SMILES string of the molecule is O=C(Nc1ccc(Oc2ccncc2)cc1)c1ccc(OC2CCCC2)cc1. The molecule has 0 unspecified atom stereocenters. The molecule has 0 saturated heterocycles. The topological polar surface area (TPSA) is 60.5 Å². The summed E-state index contributed by atoms with van der Waals surface area (Å²) in [5, 5.41) is 2.90. The smallest absolute Gasteiger partial charge is 0.255 e. The predicted molar refractivity (Wildman–Crippen MR) is 108 cm³/mol. The van der Waals surface area contributed by atoms with Gasteiger partial charge >= 0.3 is 0 Å². The van der Waals surface area contributed by atoms with Crippen molar-refractivity contribution in [2.45, 2.75) is 31.8 Å². The van der Waals surface area contributed by atoms with Crippen LogP contribution in [0, 0.1) is 0 Å². The molecular formula is C23H22N2O3. The minimum Gasteiger partial charge on any atom is -0.490 e. The standard InChI is InChI=1S/C23H22N2O3/c26-23(17-5-9-20(10-6-17)27-19-3-1-2-4-19)25-18-7-11-21(12-8-18)28-22-13-15-24-16-14-22/h5-16,19H,1-4H2,(H,25,26). The molecule has 142 valence electrons. The number of amides is 1. The van der Waals surface area contributed by atoms with E-state index >= 15 is 0 Å². The Morgan fingerprint density at radius 3 is 2.11 bits per heavy atom. The predicted octanol–water partition coefficient (Wildman–Crippen LogP) is 5.45. The molecule has 1 N–H and O–H groups in total. The molecule has 1 saturated carbocycles. The van der Waals surface area contributed by atoms with Gasteiger partial charge in [-0.25, -0.2) is 0 Å². The summed E-state index contributed by atoms with van der Waals surface area (Å²) in [5.74, 6) is 2.07. The van der Waals surface area contributed by atoms with Crippen molar-refractivity contribution < 1.29 is 14.3 Å². The van der Waals surface area contributed by atoms with Crippen LogP contribution in [0.2, 0.25) is 0 Å². The van der Waals surface area contributed by atoms with Gasteiger partial charge in [0.1, 0.15) is 17.2 Å². The quantitative estimate of drug-likeness (QED) is 0.623. The Balaban J connectivity index is 1.33. The molecular weight excluding hydrogens is 352 g/mol. The maximum Gasteiger partial charge on any atom is 0.255 e. The summed E-state index contributed by atoms with van der Waals surface area (Å²) in [6.45, 7) is 0. The summed E-state index contributed by atoms with van der Waals surface area (Å²) in [6.07, 6.45) is 8.36. The lowest BCUT2D eigenvalue weighted by atomic mass is 10.2. The van der Waals surface area contributed by atoms with Crippen LogP contribution in [-0.4, -0.2) is 17.0 Å². The van der Waals surface area contributed by atoms with E-state index in [-0.39, 0.29) is 5.91 Å². The lowest BCUT2D eigenvalue weighted by molar-refractivity contribution is 0.102. The molecule has 2 aromatic carbocycles. The van der Waals surface area contributed by atoms with Crippen LogP contribution in [0.1, 0.15) is 36.0 Å². The molecule has 1 aliphatic rings. The molecule has 0 bridgehead atoms. The highest BCUT2D eigenvalue weighted by molar-refractivity contribution is 6.04. The molecule has 28 heavy (non-hydrogen) atoms. The molecule has 1 fully saturated rings. The average Bonchev–Trinajstić information content (AvgIpc) is 3.24. The Morgan fingerprint density at radius 1 is 0.821 bits per heavy atom. The van der Waals surface area contributed by atoms with Gasteiger partial charge in [-0.2, -0.15) is 0 Å². The molecule has 0 spiro atoms. The van der Waals surface area contributed by atoms with Gasteiger partial charge in [-0.15, -0.1) is 0 Å². The molecule has 0 radical (unpaired) electrons. The van der Waals surface area contributed by atoms with Crippen LogP contribution >= 0.6 is 0 Å². The van der Waals surface area contributed by atoms with Gasteiger partial charge in [0.25, 0.3) is 5.91 Å². The Labute approximate surface area is 164 Å². The second-order valence-corrected chi connectivity index (χ2v) is 6.81. The molecule has 3 aromatic rings. The average molecular weight is 374 g/mol. The zero-order valence-electron chi connectivity index (χ0n) is 15.5. The Morgan fingerprint density at radius 2 is 1.43 bits per heavy atom. The fourth-order valence-electron chi connectivity index (χ4n) is 3.24. The lowest BCUT2D eigenvalue weighted by Gasteiger charge is -2.13. The van der Waals surface area contributed by atoms with Gasteiger partial charge < -0.3 is 14.8 Å². The van der Waals surface area contributed by atoms with E-state index in [1.54, 1.807) is 36.7 Å². The monoisotopic (exact) mass is 374 g/mol. The summed E-state index contributed by atoms with van der Waals surface area (Å²) in [7, 11) is 0. The Hall–Kier alpha value is -3.34. The zero-order chi connectivity index (χ0) is 19.2. The molecule has 5 heteroatoms. The van der Waals surface area contributed by atoms with Crippen molar-refractivity contribution in [2.24, 2.45) is 0 Å². The van der Waals surface area contributed by atoms with E-state index in [2.05, 4.69) is 10.3 Å². The van der Waals surface area contributed by atoms with Gasteiger partial charge in [-0.1, -0.05) is 0 Å². The molecule has 0 aliphatic heterocycles. The summed E-state index contributed by atoms with van der Waals surface area (Å²) < 4.78 is 11.7. The van der Waals surface area contributed by atoms with Crippen molar-refractivity contribution in [3.8, 4) is 17.2 Å². The summed E-state index contributed by atoms with van der Waals surface area (Å²) in [5.41, 5.74) is 1.30. The summed E-state index contributed by atoms with van der Waals surface area (Å²) in [4.78, 5) is 16.4. The van der Waals surface area contributed by atoms with Gasteiger partial charge in [-0.3, -0.25) is 9.78 Å². The number of carbonyl (C=O) groups is 1. The van der Waals surface area contributed by atoms with Crippen molar-refractivity contribution in [1.82, 2.24) is 4.98 Å². The van der Waals surface area contributed by atoms with Gasteiger partial charge in [-0.05, 0) is 86.3 Å². The van der Waals surface area contributed by atoms with Gasteiger partial charge in [0, 0.05) is 23.6 Å². The van der Waals surface area contributed by atoms with Crippen LogP contribution in [0.25, 0.3) is 0 Å². The first kappa shape index (κ1) is 18.0. The van der Waals surface area contributed by atoms with Crippen LogP contribution in [0.15, 0.2) is 73.1 Å². The molecule has 1 aromatic heterocycles. The molecule has 1 amide bonds. The lowest BCUT2D eigenvalue weighted by Crippen LogP contribution is -2.13. The number of nitrogens with one attached hydrogen (secondary N) is 1. The molecule has 4 rings (SSSR count). The first-order valence-electron chi connectivity index (χ1n) is 9.52. The first-order chi connectivity index (χ1) is 13.8. The van der Waals surface area contributed by atoms with E-state index in [9.17, 15) is 4.79 Å². The van der Waals surface area contributed by atoms with Gasteiger partial charge in [0.2, 0.25) is 0 Å². The number of pyridine rings is 1. The maximum atomic E-state index is 12.5. The van der Waals surface area contributed by atoms with Gasteiger partial charge in [0.15, 0.2) is 0 Å². The molecule has 5 nitrogen and oxygen atoms in total. The van der Waals surface area contributed by atoms with Crippen molar-refractivity contribution >= 4 is 11.6 Å². The van der Waals surface area contributed by atoms with Crippen LogP contribution in [0.5, 0.6) is 17.2 Å². The van der Waals surface area contributed by atoms with Crippen LogP contribution in [-0.2, 0) is 0 Å². The number of benzene rings is 2. The van der Waals surface area contributed by atoms with E-state index in [0.29, 0.717) is 28.9 Å². The fraction of sp³-hybridized carbons (Fsp3) is 0.217. The van der Waals surface area contributed by atoms with E-state index in [1.165, 1.54) is 12.8 Å². The highest BCUT2D eigenvalue weighted by atomic mass is 16.5. The van der Waals surface area contributed by atoms with E-state index < -0.39 is 0 Å². The Bertz CT molecular complexity index is 903. The summed E-state index contributed by atoms with van der Waals surface area (Å²) >= 11 is 0. The second-order valence-electron chi connectivity index (χ2n) is 6.81. The van der Waals surface area contributed by atoms with Gasteiger partial charge in [0.05, 0.1) is 6.10 Å². The highest BCUT2D eigenvalue weighted by Gasteiger charge is 2.16. The van der Waals surface area contributed by atoms with E-state index in [1.807, 2.05) is 36.4 Å². The Kier molecular flexibility index (Phi) is 5.52. The molecule has 1 aliphatic carbocycles. The summed E-state index contributed by atoms with van der Waals surface area (Å²) in [6, 6.07) is 18.1. The fourth-order valence-corrected chi connectivity index (χ4v) is 3.24. The number of hydrogen-bond acceptors (Lipinski definition) is 4. The minimum absolute atomic E-state index is 0.157. The van der Waals surface area contributed by atoms with Crippen LogP contribution < -0.4 is 14.8 Å². The number of ether oxygens (including phenoxy) is 2. The minimum atomic E-state index is -0.157. The normalized spacial score (nSPS) is 13.9. The third kappa shape index (κ3) is 4.68. The third-order valence-corrected chi connectivity index (χ3v) is 4.72. The van der Waals surface area contributed by atoms with E-state index in [0.717, 1.165) is 18.6 Å². The van der Waals surface area contributed by atoms with Crippen LogP contribution in [0.3, 0.4) is 0 Å². The van der Waals surface area contributed by atoms with Crippen molar-refractivity contribution in [3.05, 3.63) is 78.6 Å². The van der Waals surface area contributed by atoms with Crippen LogP contribution in [0.4, 0.5) is 5.69 Å². The van der Waals surface area contributed by atoms with E-state index in [4.69, 9.17) is 9.47 Å². The zero-order valence-corrected chi connectivity index (χ0v) is 15.5. The third-order valence-electron chi connectivity index (χ3n) is 4.72.